The highest BCUT2D eigenvalue weighted by Gasteiger charge is 2.13. The summed E-state index contributed by atoms with van der Waals surface area (Å²) >= 11 is 0. The van der Waals surface area contributed by atoms with Gasteiger partial charge in [-0.1, -0.05) is 6.07 Å². The van der Waals surface area contributed by atoms with Gasteiger partial charge in [0, 0.05) is 31.3 Å². The van der Waals surface area contributed by atoms with Crippen LogP contribution in [0.1, 0.15) is 17.3 Å². The molecule has 0 bridgehead atoms. The van der Waals surface area contributed by atoms with Crippen LogP contribution in [-0.4, -0.2) is 41.8 Å². The van der Waals surface area contributed by atoms with Gasteiger partial charge < -0.3 is 10.2 Å². The molecule has 2 amide bonds. The van der Waals surface area contributed by atoms with E-state index >= 15 is 0 Å². The molecular weight excluding hydrogens is 250 g/mol. The molecule has 0 unspecified atom stereocenters. The molecule has 0 radical (unpaired) electrons. The fourth-order valence-corrected chi connectivity index (χ4v) is 1.33. The smallest absolute Gasteiger partial charge is 0.270 e. The maximum absolute atomic E-state index is 11.7. The van der Waals surface area contributed by atoms with Crippen molar-refractivity contribution in [3.05, 3.63) is 39.9 Å². The van der Waals surface area contributed by atoms with E-state index in [1.54, 1.807) is 7.05 Å². The first-order valence-corrected chi connectivity index (χ1v) is 5.72. The SMILES string of the molecule is CCN(C)C(=O)CNC(=O)c1cccc([N+](=O)[O-])c1. The number of amides is 2. The van der Waals surface area contributed by atoms with Crippen LogP contribution in [0.2, 0.25) is 0 Å². The monoisotopic (exact) mass is 265 g/mol. The molecule has 7 nitrogen and oxygen atoms in total. The van der Waals surface area contributed by atoms with E-state index in [2.05, 4.69) is 5.32 Å². The Kier molecular flexibility index (Phi) is 4.99. The molecule has 0 aliphatic heterocycles. The predicted octanol–water partition coefficient (Wildman–Crippen LogP) is 0.803. The summed E-state index contributed by atoms with van der Waals surface area (Å²) in [4.78, 5) is 34.7. The zero-order valence-corrected chi connectivity index (χ0v) is 10.8. The molecule has 0 heterocycles. The fraction of sp³-hybridized carbons (Fsp3) is 0.333. The second-order valence-corrected chi connectivity index (χ2v) is 3.90. The molecule has 102 valence electrons. The standard InChI is InChI=1S/C12H15N3O4/c1-3-14(2)11(16)8-13-12(17)9-5-4-6-10(7-9)15(18)19/h4-7H,3,8H2,1-2H3,(H,13,17). The molecule has 0 saturated heterocycles. The molecule has 1 N–H and O–H groups in total. The van der Waals surface area contributed by atoms with Crippen molar-refractivity contribution in [3.8, 4) is 0 Å². The van der Waals surface area contributed by atoms with Crippen molar-refractivity contribution in [2.75, 3.05) is 20.1 Å². The topological polar surface area (TPSA) is 92.6 Å². The first kappa shape index (κ1) is 14.6. The van der Waals surface area contributed by atoms with Crippen LogP contribution in [0, 0.1) is 10.1 Å². The molecule has 19 heavy (non-hydrogen) atoms. The number of hydrogen-bond donors (Lipinski definition) is 1. The van der Waals surface area contributed by atoms with Crippen LogP contribution >= 0.6 is 0 Å². The average Bonchev–Trinajstić information content (AvgIpc) is 2.43. The zero-order chi connectivity index (χ0) is 14.4. The van der Waals surface area contributed by atoms with Crippen LogP contribution in [0.25, 0.3) is 0 Å². The normalized spacial score (nSPS) is 9.79. The second-order valence-electron chi connectivity index (χ2n) is 3.90. The number of benzene rings is 1. The Morgan fingerprint density at radius 3 is 2.68 bits per heavy atom. The van der Waals surface area contributed by atoms with Gasteiger partial charge in [-0.05, 0) is 13.0 Å². The van der Waals surface area contributed by atoms with E-state index in [1.807, 2.05) is 6.92 Å². The highest BCUT2D eigenvalue weighted by Crippen LogP contribution is 2.12. The molecule has 0 atom stereocenters. The number of nitrogens with zero attached hydrogens (tertiary/aromatic N) is 2. The Balaban J connectivity index is 2.66. The molecular formula is C12H15N3O4. The number of nitro benzene ring substituents is 1. The van der Waals surface area contributed by atoms with Gasteiger partial charge in [-0.15, -0.1) is 0 Å². The minimum absolute atomic E-state index is 0.133. The summed E-state index contributed by atoms with van der Waals surface area (Å²) in [6.45, 7) is 2.23. The van der Waals surface area contributed by atoms with Crippen LogP contribution in [0.3, 0.4) is 0 Å². The minimum Gasteiger partial charge on any atom is -0.345 e. The van der Waals surface area contributed by atoms with Crippen molar-refractivity contribution in [2.24, 2.45) is 0 Å². The van der Waals surface area contributed by atoms with Gasteiger partial charge in [0.25, 0.3) is 11.6 Å². The Morgan fingerprint density at radius 2 is 2.11 bits per heavy atom. The molecule has 1 aromatic carbocycles. The first-order valence-electron chi connectivity index (χ1n) is 5.72. The quantitative estimate of drug-likeness (QED) is 0.629. The van der Waals surface area contributed by atoms with Gasteiger partial charge in [-0.25, -0.2) is 0 Å². The maximum Gasteiger partial charge on any atom is 0.270 e. The van der Waals surface area contributed by atoms with Crippen molar-refractivity contribution in [3.63, 3.8) is 0 Å². The van der Waals surface area contributed by atoms with Crippen molar-refractivity contribution < 1.29 is 14.5 Å². The van der Waals surface area contributed by atoms with Crippen LogP contribution in [0.15, 0.2) is 24.3 Å². The van der Waals surface area contributed by atoms with Crippen molar-refractivity contribution >= 4 is 17.5 Å². The molecule has 0 fully saturated rings. The van der Waals surface area contributed by atoms with E-state index in [-0.39, 0.29) is 23.7 Å². The van der Waals surface area contributed by atoms with Gasteiger partial charge in [0.1, 0.15) is 0 Å². The summed E-state index contributed by atoms with van der Waals surface area (Å²) in [5.74, 6) is -0.733. The lowest BCUT2D eigenvalue weighted by atomic mass is 10.2. The highest BCUT2D eigenvalue weighted by atomic mass is 16.6. The van der Waals surface area contributed by atoms with Crippen LogP contribution < -0.4 is 5.32 Å². The number of carbonyl (C=O) groups is 2. The Labute approximate surface area is 110 Å². The van der Waals surface area contributed by atoms with Gasteiger partial charge in [-0.2, -0.15) is 0 Å². The van der Waals surface area contributed by atoms with Gasteiger partial charge in [0.05, 0.1) is 11.5 Å². The molecule has 0 aliphatic carbocycles. The average molecular weight is 265 g/mol. The summed E-state index contributed by atoms with van der Waals surface area (Å²) < 4.78 is 0. The van der Waals surface area contributed by atoms with E-state index < -0.39 is 10.8 Å². The number of nitrogens with one attached hydrogen (secondary N) is 1. The maximum atomic E-state index is 11.7. The summed E-state index contributed by atoms with van der Waals surface area (Å²) in [7, 11) is 1.63. The van der Waals surface area contributed by atoms with Gasteiger partial charge in [0.15, 0.2) is 0 Å². The lowest BCUT2D eigenvalue weighted by Gasteiger charge is -2.14. The second kappa shape index (κ2) is 6.48. The Hall–Kier alpha value is -2.44. The molecule has 0 saturated carbocycles. The van der Waals surface area contributed by atoms with E-state index in [1.165, 1.54) is 29.2 Å². The lowest BCUT2D eigenvalue weighted by Crippen LogP contribution is -2.37. The third-order valence-electron chi connectivity index (χ3n) is 2.62. The molecule has 0 aliphatic rings. The third-order valence-corrected chi connectivity index (χ3v) is 2.62. The largest absolute Gasteiger partial charge is 0.345 e. The number of non-ortho nitro benzene ring substituents is 1. The number of carbonyl (C=O) groups excluding carboxylic acids is 2. The summed E-state index contributed by atoms with van der Waals surface area (Å²) in [5, 5.41) is 13.0. The summed E-state index contributed by atoms with van der Waals surface area (Å²) in [6.07, 6.45) is 0. The Morgan fingerprint density at radius 1 is 1.42 bits per heavy atom. The number of hydrogen-bond acceptors (Lipinski definition) is 4. The van der Waals surface area contributed by atoms with Gasteiger partial charge in [0.2, 0.25) is 5.91 Å². The summed E-state index contributed by atoms with van der Waals surface area (Å²) in [6, 6.07) is 5.35. The van der Waals surface area contributed by atoms with E-state index in [9.17, 15) is 19.7 Å². The van der Waals surface area contributed by atoms with E-state index in [0.29, 0.717) is 6.54 Å². The number of rotatable bonds is 5. The predicted molar refractivity (Wildman–Crippen MR) is 68.7 cm³/mol. The Bertz CT molecular complexity index is 502. The lowest BCUT2D eigenvalue weighted by molar-refractivity contribution is -0.384. The number of likely N-dealkylation sites (N-methyl/N-ethyl adjacent to an activating group) is 1. The number of nitro groups is 1. The van der Waals surface area contributed by atoms with Crippen molar-refractivity contribution in [2.45, 2.75) is 6.92 Å². The highest BCUT2D eigenvalue weighted by molar-refractivity contribution is 5.96. The van der Waals surface area contributed by atoms with Crippen LogP contribution in [0.5, 0.6) is 0 Å². The van der Waals surface area contributed by atoms with Crippen LogP contribution in [-0.2, 0) is 4.79 Å². The van der Waals surface area contributed by atoms with Crippen LogP contribution in [0.4, 0.5) is 5.69 Å². The van der Waals surface area contributed by atoms with Crippen molar-refractivity contribution in [1.29, 1.82) is 0 Å². The fourth-order valence-electron chi connectivity index (χ4n) is 1.33. The molecule has 0 spiro atoms. The molecule has 1 aromatic rings. The van der Waals surface area contributed by atoms with Gasteiger partial charge >= 0.3 is 0 Å². The minimum atomic E-state index is -0.577. The van der Waals surface area contributed by atoms with E-state index in [0.717, 1.165) is 0 Å². The summed E-state index contributed by atoms with van der Waals surface area (Å²) in [5.41, 5.74) is -0.00851. The molecule has 1 rings (SSSR count). The first-order chi connectivity index (χ1) is 8.95. The van der Waals surface area contributed by atoms with E-state index in [4.69, 9.17) is 0 Å². The molecule has 7 heteroatoms. The van der Waals surface area contributed by atoms with Crippen molar-refractivity contribution in [1.82, 2.24) is 10.2 Å². The van der Waals surface area contributed by atoms with Gasteiger partial charge in [-0.3, -0.25) is 19.7 Å². The zero-order valence-electron chi connectivity index (χ0n) is 10.8. The third kappa shape index (κ3) is 4.06. The molecule has 0 aromatic heterocycles.